The van der Waals surface area contributed by atoms with Gasteiger partial charge in [-0.2, -0.15) is 17.9 Å². The Labute approximate surface area is 131 Å². The first-order chi connectivity index (χ1) is 10.7. The molecule has 0 radical (unpaired) electrons. The fraction of sp³-hybridized carbons (Fsp3) is 0.235. The maximum Gasteiger partial charge on any atom is 0.416 e. The van der Waals surface area contributed by atoms with Gasteiger partial charge in [0.05, 0.1) is 11.1 Å². The van der Waals surface area contributed by atoms with Crippen molar-refractivity contribution in [3.05, 3.63) is 70.7 Å². The number of ether oxygens (including phenoxy) is 1. The number of nitrogens with zero attached hydrogens (tertiary/aromatic N) is 1. The molecule has 6 heteroatoms. The van der Waals surface area contributed by atoms with Gasteiger partial charge < -0.3 is 9.94 Å². The van der Waals surface area contributed by atoms with Crippen LogP contribution in [0.3, 0.4) is 0 Å². The average Bonchev–Trinajstić information content (AvgIpc) is 2.44. The van der Waals surface area contributed by atoms with Crippen LogP contribution in [0.5, 0.6) is 5.75 Å². The van der Waals surface area contributed by atoms with Crippen molar-refractivity contribution < 1.29 is 22.6 Å². The molecule has 0 bridgehead atoms. The Morgan fingerprint density at radius 2 is 1.87 bits per heavy atom. The minimum atomic E-state index is -4.46. The fourth-order valence-corrected chi connectivity index (χ4v) is 2.59. The third-order valence-corrected chi connectivity index (χ3v) is 3.56. The summed E-state index contributed by atoms with van der Waals surface area (Å²) in [5, 5.41) is 12.0. The smallest absolute Gasteiger partial charge is 0.416 e. The van der Waals surface area contributed by atoms with Crippen molar-refractivity contribution in [2.75, 3.05) is 0 Å². The molecule has 23 heavy (non-hydrogen) atoms. The van der Waals surface area contributed by atoms with Gasteiger partial charge in [-0.3, -0.25) is 0 Å². The lowest BCUT2D eigenvalue weighted by molar-refractivity contribution is -0.608. The van der Waals surface area contributed by atoms with Gasteiger partial charge in [0, 0.05) is 17.7 Å². The highest BCUT2D eigenvalue weighted by molar-refractivity contribution is 5.82. The normalized spacial score (nSPS) is 16.3. The number of hydrogen-bond acceptors (Lipinski definition) is 2. The summed E-state index contributed by atoms with van der Waals surface area (Å²) in [7, 11) is 0. The van der Waals surface area contributed by atoms with E-state index in [0.717, 1.165) is 12.1 Å². The predicted octanol–water partition coefficient (Wildman–Crippen LogP) is 3.94. The first kappa shape index (κ1) is 15.4. The first-order valence-electron chi connectivity index (χ1n) is 6.99. The Hall–Kier alpha value is -2.50. The predicted molar refractivity (Wildman–Crippen MR) is 78.6 cm³/mol. The van der Waals surface area contributed by atoms with E-state index >= 15 is 0 Å². The van der Waals surface area contributed by atoms with Crippen molar-refractivity contribution in [1.29, 1.82) is 0 Å². The van der Waals surface area contributed by atoms with Gasteiger partial charge in [-0.25, -0.2) is 0 Å². The SMILES string of the molecule is CC1(C)C=C(c2cccc[n+]2[O-])c2cc(C(F)(F)F)ccc2O1. The standard InChI is InChI=1S/C17H14F3NO2/c1-16(2)10-13(14-5-3-4-8-21(14)22)12-9-11(17(18,19)20)6-7-15(12)23-16/h3-10H,1-2H3. The molecule has 1 aliphatic rings. The number of benzene rings is 1. The van der Waals surface area contributed by atoms with Crippen LogP contribution in [0, 0.1) is 5.21 Å². The summed E-state index contributed by atoms with van der Waals surface area (Å²) < 4.78 is 45.3. The molecule has 0 N–H and O–H groups in total. The highest BCUT2D eigenvalue weighted by atomic mass is 19.4. The summed E-state index contributed by atoms with van der Waals surface area (Å²) in [5.74, 6) is 0.323. The molecule has 0 atom stereocenters. The van der Waals surface area contributed by atoms with Crippen LogP contribution in [0.15, 0.2) is 48.7 Å². The van der Waals surface area contributed by atoms with Gasteiger partial charge in [0.15, 0.2) is 6.20 Å². The molecule has 0 unspecified atom stereocenters. The number of rotatable bonds is 1. The molecule has 0 spiro atoms. The Bertz CT molecular complexity index is 795. The van der Waals surface area contributed by atoms with Gasteiger partial charge in [0.1, 0.15) is 11.4 Å². The average molecular weight is 321 g/mol. The zero-order chi connectivity index (χ0) is 16.8. The van der Waals surface area contributed by atoms with Crippen LogP contribution < -0.4 is 9.47 Å². The van der Waals surface area contributed by atoms with Crippen molar-refractivity contribution in [1.82, 2.24) is 0 Å². The molecule has 120 valence electrons. The van der Waals surface area contributed by atoms with Crippen molar-refractivity contribution in [2.24, 2.45) is 0 Å². The van der Waals surface area contributed by atoms with Crippen molar-refractivity contribution in [3.8, 4) is 5.75 Å². The molecule has 1 aromatic carbocycles. The number of hydrogen-bond donors (Lipinski definition) is 0. The van der Waals surface area contributed by atoms with Crippen molar-refractivity contribution in [3.63, 3.8) is 0 Å². The molecule has 3 rings (SSSR count). The first-order valence-corrected chi connectivity index (χ1v) is 6.99. The van der Waals surface area contributed by atoms with E-state index < -0.39 is 17.3 Å². The van der Waals surface area contributed by atoms with E-state index in [9.17, 15) is 18.4 Å². The third kappa shape index (κ3) is 2.88. The highest BCUT2D eigenvalue weighted by Gasteiger charge is 2.35. The van der Waals surface area contributed by atoms with E-state index in [-0.39, 0.29) is 11.3 Å². The van der Waals surface area contributed by atoms with Crippen LogP contribution in [0.1, 0.15) is 30.7 Å². The molecule has 0 amide bonds. The molecule has 0 saturated heterocycles. The van der Waals surface area contributed by atoms with Gasteiger partial charge >= 0.3 is 6.18 Å². The molecule has 0 saturated carbocycles. The van der Waals surface area contributed by atoms with Crippen LogP contribution in [0.4, 0.5) is 13.2 Å². The maximum absolute atomic E-state index is 13.0. The van der Waals surface area contributed by atoms with Crippen LogP contribution in [-0.4, -0.2) is 5.60 Å². The molecular formula is C17H14F3NO2. The van der Waals surface area contributed by atoms with E-state index in [0.29, 0.717) is 16.1 Å². The summed E-state index contributed by atoms with van der Waals surface area (Å²) in [6.45, 7) is 3.57. The van der Waals surface area contributed by atoms with Crippen LogP contribution in [0.25, 0.3) is 5.57 Å². The number of fused-ring (bicyclic) bond motifs is 1. The summed E-state index contributed by atoms with van der Waals surface area (Å²) in [4.78, 5) is 0. The maximum atomic E-state index is 13.0. The van der Waals surface area contributed by atoms with Gasteiger partial charge in [0.2, 0.25) is 5.69 Å². The lowest BCUT2D eigenvalue weighted by atomic mass is 9.91. The minimum Gasteiger partial charge on any atom is -0.618 e. The molecule has 0 fully saturated rings. The van der Waals surface area contributed by atoms with Gasteiger partial charge in [0.25, 0.3) is 0 Å². The summed E-state index contributed by atoms with van der Waals surface area (Å²) in [6, 6.07) is 8.10. The number of alkyl halides is 3. The van der Waals surface area contributed by atoms with Crippen LogP contribution >= 0.6 is 0 Å². The monoisotopic (exact) mass is 321 g/mol. The second kappa shape index (κ2) is 5.01. The van der Waals surface area contributed by atoms with E-state index in [1.165, 1.54) is 12.3 Å². The third-order valence-electron chi connectivity index (χ3n) is 3.56. The molecule has 2 aromatic rings. The molecule has 0 aliphatic carbocycles. The second-order valence-corrected chi connectivity index (χ2v) is 5.88. The Kier molecular flexibility index (Phi) is 3.35. The Morgan fingerprint density at radius 1 is 1.13 bits per heavy atom. The summed E-state index contributed by atoms with van der Waals surface area (Å²) >= 11 is 0. The lowest BCUT2D eigenvalue weighted by Crippen LogP contribution is -2.34. The largest absolute Gasteiger partial charge is 0.618 e. The van der Waals surface area contributed by atoms with Crippen LogP contribution in [-0.2, 0) is 6.18 Å². The minimum absolute atomic E-state index is 0.259. The van der Waals surface area contributed by atoms with E-state index in [1.54, 1.807) is 38.1 Å². The van der Waals surface area contributed by atoms with Gasteiger partial charge in [-0.1, -0.05) is 0 Å². The second-order valence-electron chi connectivity index (χ2n) is 5.88. The van der Waals surface area contributed by atoms with Crippen molar-refractivity contribution >= 4 is 5.57 Å². The highest BCUT2D eigenvalue weighted by Crippen LogP contribution is 2.41. The van der Waals surface area contributed by atoms with Gasteiger partial charge in [-0.05, 0) is 44.2 Å². The number of pyridine rings is 1. The summed E-state index contributed by atoms with van der Waals surface area (Å²) in [5.41, 5.74) is -0.540. The Morgan fingerprint density at radius 3 is 2.52 bits per heavy atom. The zero-order valence-electron chi connectivity index (χ0n) is 12.5. The molecule has 3 nitrogen and oxygen atoms in total. The lowest BCUT2D eigenvalue weighted by Gasteiger charge is -2.31. The van der Waals surface area contributed by atoms with Gasteiger partial charge in [-0.15, -0.1) is 0 Å². The quantitative estimate of drug-likeness (QED) is 0.589. The molecule has 1 aromatic heterocycles. The van der Waals surface area contributed by atoms with E-state index in [4.69, 9.17) is 4.74 Å². The van der Waals surface area contributed by atoms with Crippen molar-refractivity contribution in [2.45, 2.75) is 25.6 Å². The van der Waals surface area contributed by atoms with E-state index in [1.807, 2.05) is 0 Å². The topological polar surface area (TPSA) is 36.2 Å². The molecular weight excluding hydrogens is 307 g/mol. The number of halogens is 3. The molecule has 2 heterocycles. The fourth-order valence-electron chi connectivity index (χ4n) is 2.59. The number of aromatic nitrogens is 1. The van der Waals surface area contributed by atoms with E-state index in [2.05, 4.69) is 0 Å². The van der Waals surface area contributed by atoms with Crippen LogP contribution in [0.2, 0.25) is 0 Å². The molecule has 1 aliphatic heterocycles. The summed E-state index contributed by atoms with van der Waals surface area (Å²) in [6.07, 6.45) is -1.48. The zero-order valence-corrected chi connectivity index (χ0v) is 12.5. The Balaban J connectivity index is 2.23.